The highest BCUT2D eigenvalue weighted by molar-refractivity contribution is 7.98. The quantitative estimate of drug-likeness (QED) is 0.586. The molecule has 1 saturated heterocycles. The number of pyridine rings is 1. The number of carbonyl (C=O) groups is 1. The fourth-order valence-electron chi connectivity index (χ4n) is 3.37. The molecule has 0 spiro atoms. The van der Waals surface area contributed by atoms with Crippen molar-refractivity contribution >= 4 is 40.9 Å². The summed E-state index contributed by atoms with van der Waals surface area (Å²) in [6.07, 6.45) is 5.33. The number of hydrogen-bond donors (Lipinski definition) is 2. The summed E-state index contributed by atoms with van der Waals surface area (Å²) < 4.78 is 0. The van der Waals surface area contributed by atoms with Crippen molar-refractivity contribution in [2.45, 2.75) is 11.8 Å². The molecule has 160 valence electrons. The minimum absolute atomic E-state index is 0.0755. The number of hydrogen-bond acceptors (Lipinski definition) is 7. The molecule has 8 nitrogen and oxygen atoms in total. The molecule has 4 rings (SSSR count). The molecule has 0 aliphatic carbocycles. The zero-order valence-electron chi connectivity index (χ0n) is 17.6. The lowest BCUT2D eigenvalue weighted by Crippen LogP contribution is -2.50. The number of piperazine rings is 1. The third-order valence-electron chi connectivity index (χ3n) is 5.04. The maximum absolute atomic E-state index is 12.6. The van der Waals surface area contributed by atoms with Crippen molar-refractivity contribution in [1.82, 2.24) is 19.9 Å². The Labute approximate surface area is 186 Å². The molecule has 0 saturated carbocycles. The number of benzene rings is 1. The standard InChI is InChI=1S/C22H25N7OS/c1-16-6-7-23-19(12-16)27-20-14-21(25-15-24-20)28-8-10-29(11-9-28)22(30)26-17-4-3-5-18(13-17)31-2/h3-7,12-15H,8-11H2,1-2H3,(H,26,30)(H,23,24,25,27). The first-order chi connectivity index (χ1) is 15.1. The molecular formula is C22H25N7OS. The molecule has 31 heavy (non-hydrogen) atoms. The van der Waals surface area contributed by atoms with E-state index < -0.39 is 0 Å². The Bertz CT molecular complexity index is 1050. The molecule has 0 radical (unpaired) electrons. The van der Waals surface area contributed by atoms with E-state index in [1.807, 2.05) is 60.5 Å². The van der Waals surface area contributed by atoms with Crippen molar-refractivity contribution in [1.29, 1.82) is 0 Å². The highest BCUT2D eigenvalue weighted by atomic mass is 32.2. The van der Waals surface area contributed by atoms with Crippen molar-refractivity contribution in [2.75, 3.05) is 48.0 Å². The third kappa shape index (κ3) is 5.43. The first-order valence-corrected chi connectivity index (χ1v) is 11.3. The van der Waals surface area contributed by atoms with Gasteiger partial charge in [0.1, 0.15) is 23.8 Å². The van der Waals surface area contributed by atoms with E-state index in [9.17, 15) is 4.79 Å². The number of aryl methyl sites for hydroxylation is 1. The van der Waals surface area contributed by atoms with E-state index >= 15 is 0 Å². The zero-order valence-corrected chi connectivity index (χ0v) is 18.4. The maximum Gasteiger partial charge on any atom is 0.321 e. The monoisotopic (exact) mass is 435 g/mol. The predicted molar refractivity (Wildman–Crippen MR) is 125 cm³/mol. The molecule has 0 bridgehead atoms. The summed E-state index contributed by atoms with van der Waals surface area (Å²) in [5.74, 6) is 2.27. The second-order valence-corrected chi connectivity index (χ2v) is 8.12. The number of amides is 2. The lowest BCUT2D eigenvalue weighted by molar-refractivity contribution is 0.208. The fraction of sp³-hybridized carbons (Fsp3) is 0.273. The van der Waals surface area contributed by atoms with E-state index in [2.05, 4.69) is 30.5 Å². The van der Waals surface area contributed by atoms with Crippen molar-refractivity contribution in [3.8, 4) is 0 Å². The molecule has 1 aliphatic heterocycles. The molecular weight excluding hydrogens is 410 g/mol. The van der Waals surface area contributed by atoms with Gasteiger partial charge in [-0.15, -0.1) is 11.8 Å². The fourth-order valence-corrected chi connectivity index (χ4v) is 3.83. The Kier molecular flexibility index (Phi) is 6.51. The van der Waals surface area contributed by atoms with Gasteiger partial charge in [0.25, 0.3) is 0 Å². The minimum Gasteiger partial charge on any atom is -0.353 e. The number of aromatic nitrogens is 3. The maximum atomic E-state index is 12.6. The first kappa shape index (κ1) is 20.9. The number of carbonyl (C=O) groups excluding carboxylic acids is 1. The average molecular weight is 436 g/mol. The van der Waals surface area contributed by atoms with Crippen molar-refractivity contribution in [3.63, 3.8) is 0 Å². The SMILES string of the molecule is CSc1cccc(NC(=O)N2CCN(c3cc(Nc4cc(C)ccn4)ncn3)CC2)c1. The van der Waals surface area contributed by atoms with Crippen LogP contribution in [0.2, 0.25) is 0 Å². The van der Waals surface area contributed by atoms with Crippen molar-refractivity contribution < 1.29 is 4.79 Å². The van der Waals surface area contributed by atoms with Crippen LogP contribution in [0.15, 0.2) is 59.9 Å². The molecule has 3 aromatic rings. The average Bonchev–Trinajstić information content (AvgIpc) is 2.79. The molecule has 2 amide bonds. The first-order valence-electron chi connectivity index (χ1n) is 10.1. The van der Waals surface area contributed by atoms with Gasteiger partial charge in [-0.25, -0.2) is 19.7 Å². The van der Waals surface area contributed by atoms with Gasteiger partial charge in [0.15, 0.2) is 0 Å². The van der Waals surface area contributed by atoms with Crippen LogP contribution in [0.25, 0.3) is 0 Å². The van der Waals surface area contributed by atoms with E-state index in [1.165, 1.54) is 0 Å². The number of thioether (sulfide) groups is 1. The molecule has 2 aromatic heterocycles. The van der Waals surface area contributed by atoms with Gasteiger partial charge in [0.05, 0.1) is 0 Å². The second kappa shape index (κ2) is 9.65. The van der Waals surface area contributed by atoms with Crippen LogP contribution >= 0.6 is 11.8 Å². The van der Waals surface area contributed by atoms with Crippen LogP contribution in [0.3, 0.4) is 0 Å². The molecule has 0 atom stereocenters. The molecule has 0 unspecified atom stereocenters. The van der Waals surface area contributed by atoms with Gasteiger partial charge >= 0.3 is 6.03 Å². The third-order valence-corrected chi connectivity index (χ3v) is 5.76. The Morgan fingerprint density at radius 1 is 1.00 bits per heavy atom. The van der Waals surface area contributed by atoms with Gasteiger partial charge < -0.3 is 20.4 Å². The van der Waals surface area contributed by atoms with Crippen molar-refractivity contribution in [2.24, 2.45) is 0 Å². The van der Waals surface area contributed by atoms with E-state index in [1.54, 1.807) is 24.3 Å². The summed E-state index contributed by atoms with van der Waals surface area (Å²) in [5.41, 5.74) is 1.94. The van der Waals surface area contributed by atoms with Crippen LogP contribution in [0.4, 0.5) is 27.9 Å². The Morgan fingerprint density at radius 3 is 2.58 bits per heavy atom. The molecule has 2 N–H and O–H groups in total. The van der Waals surface area contributed by atoms with Crippen LogP contribution in [0.1, 0.15) is 5.56 Å². The topological polar surface area (TPSA) is 86.3 Å². The number of anilines is 4. The minimum atomic E-state index is -0.0755. The zero-order chi connectivity index (χ0) is 21.6. The predicted octanol–water partition coefficient (Wildman–Crippen LogP) is 4.00. The van der Waals surface area contributed by atoms with Gasteiger partial charge in [-0.2, -0.15) is 0 Å². The number of urea groups is 1. The summed E-state index contributed by atoms with van der Waals surface area (Å²) >= 11 is 1.65. The molecule has 3 heterocycles. The summed E-state index contributed by atoms with van der Waals surface area (Å²) in [6.45, 7) is 4.68. The lowest BCUT2D eigenvalue weighted by atomic mass is 10.3. The van der Waals surface area contributed by atoms with Crippen LogP contribution < -0.4 is 15.5 Å². The highest BCUT2D eigenvalue weighted by Gasteiger charge is 2.22. The van der Waals surface area contributed by atoms with Crippen molar-refractivity contribution in [3.05, 3.63) is 60.6 Å². The van der Waals surface area contributed by atoms with E-state index in [0.29, 0.717) is 32.0 Å². The molecule has 1 fully saturated rings. The van der Waals surface area contributed by atoms with E-state index in [-0.39, 0.29) is 6.03 Å². The summed E-state index contributed by atoms with van der Waals surface area (Å²) in [6, 6.07) is 13.6. The van der Waals surface area contributed by atoms with Gasteiger partial charge in [0, 0.05) is 49.0 Å². The highest BCUT2D eigenvalue weighted by Crippen LogP contribution is 2.21. The second-order valence-electron chi connectivity index (χ2n) is 7.24. The van der Waals surface area contributed by atoms with Gasteiger partial charge in [-0.1, -0.05) is 6.07 Å². The van der Waals surface area contributed by atoms with Crippen LogP contribution in [-0.4, -0.2) is 58.3 Å². The van der Waals surface area contributed by atoms with Gasteiger partial charge in [-0.05, 0) is 49.1 Å². The number of nitrogens with zero attached hydrogens (tertiary/aromatic N) is 5. The van der Waals surface area contributed by atoms with Crippen LogP contribution in [0.5, 0.6) is 0 Å². The Morgan fingerprint density at radius 2 is 1.81 bits per heavy atom. The Balaban J connectivity index is 1.34. The summed E-state index contributed by atoms with van der Waals surface area (Å²) in [5, 5.41) is 6.22. The lowest BCUT2D eigenvalue weighted by Gasteiger charge is -2.35. The molecule has 1 aliphatic rings. The van der Waals surface area contributed by atoms with E-state index in [4.69, 9.17) is 0 Å². The van der Waals surface area contributed by atoms with Gasteiger partial charge in [-0.3, -0.25) is 0 Å². The Hall–Kier alpha value is -3.33. The van der Waals surface area contributed by atoms with Crippen LogP contribution in [-0.2, 0) is 0 Å². The number of rotatable bonds is 5. The smallest absolute Gasteiger partial charge is 0.321 e. The molecule has 9 heteroatoms. The molecule has 1 aromatic carbocycles. The summed E-state index contributed by atoms with van der Waals surface area (Å²) in [7, 11) is 0. The van der Waals surface area contributed by atoms with Gasteiger partial charge in [0.2, 0.25) is 0 Å². The normalized spacial score (nSPS) is 13.7. The van der Waals surface area contributed by atoms with E-state index in [0.717, 1.165) is 27.8 Å². The summed E-state index contributed by atoms with van der Waals surface area (Å²) in [4.78, 5) is 30.8. The van der Waals surface area contributed by atoms with Crippen LogP contribution in [0, 0.1) is 6.92 Å². The largest absolute Gasteiger partial charge is 0.353 e. The number of nitrogens with one attached hydrogen (secondary N) is 2.